The van der Waals surface area contributed by atoms with E-state index in [0.29, 0.717) is 12.8 Å². The second-order valence-corrected chi connectivity index (χ2v) is 4.91. The average Bonchev–Trinajstić information content (AvgIpc) is 2.46. The average molecular weight is 302 g/mol. The molecule has 3 N–H and O–H groups in total. The van der Waals surface area contributed by atoms with Crippen LogP contribution in [0.25, 0.3) is 0 Å². The number of ether oxygens (including phenoxy) is 1. The molecule has 0 aliphatic carbocycles. The number of carboxylic acids is 1. The lowest BCUT2D eigenvalue weighted by molar-refractivity contribution is -0.161. The predicted molar refractivity (Wildman–Crippen MR) is 77.7 cm³/mol. The minimum Gasteiger partial charge on any atom is -0.481 e. The van der Waals surface area contributed by atoms with Crippen molar-refractivity contribution in [2.75, 3.05) is 13.2 Å². The largest absolute Gasteiger partial charge is 0.481 e. The van der Waals surface area contributed by atoms with Gasteiger partial charge in [-0.1, -0.05) is 25.5 Å². The molecule has 1 atom stereocenters. The van der Waals surface area contributed by atoms with Gasteiger partial charge in [0, 0.05) is 0 Å². The van der Waals surface area contributed by atoms with Crippen molar-refractivity contribution >= 4 is 11.9 Å². The maximum Gasteiger partial charge on any atom is 0.309 e. The molecule has 21 heavy (non-hydrogen) atoms. The molecule has 0 saturated heterocycles. The van der Waals surface area contributed by atoms with Gasteiger partial charge < -0.3 is 20.1 Å². The zero-order valence-corrected chi connectivity index (χ0v) is 12.5. The number of carbonyl (C=O) groups excluding carboxylic acids is 1. The summed E-state index contributed by atoms with van der Waals surface area (Å²) >= 11 is 0. The van der Waals surface area contributed by atoms with Crippen LogP contribution in [-0.2, 0) is 14.3 Å². The van der Waals surface area contributed by atoms with E-state index in [9.17, 15) is 9.59 Å². The molecule has 0 spiro atoms. The summed E-state index contributed by atoms with van der Waals surface area (Å²) in [5.74, 6) is -2.49. The lowest BCUT2D eigenvalue weighted by Crippen LogP contribution is -2.30. The summed E-state index contributed by atoms with van der Waals surface area (Å²) in [6, 6.07) is 0. The molecule has 6 nitrogen and oxygen atoms in total. The number of hydrogen-bond donors (Lipinski definition) is 3. The highest BCUT2D eigenvalue weighted by Crippen LogP contribution is 2.16. The highest BCUT2D eigenvalue weighted by molar-refractivity contribution is 5.79. The highest BCUT2D eigenvalue weighted by atomic mass is 16.6. The number of esters is 1. The number of aliphatic carboxylic acids is 1. The molecular formula is C15H26O6. The molecule has 0 aromatic heterocycles. The molecule has 0 amide bonds. The Morgan fingerprint density at radius 1 is 1.14 bits per heavy atom. The van der Waals surface area contributed by atoms with Crippen LogP contribution in [0, 0.1) is 5.92 Å². The summed E-state index contributed by atoms with van der Waals surface area (Å²) < 4.78 is 4.89. The third-order valence-corrected chi connectivity index (χ3v) is 2.99. The van der Waals surface area contributed by atoms with Crippen molar-refractivity contribution < 1.29 is 29.6 Å². The monoisotopic (exact) mass is 302 g/mol. The minimum absolute atomic E-state index is 0.304. The van der Waals surface area contributed by atoms with Gasteiger partial charge >= 0.3 is 11.9 Å². The van der Waals surface area contributed by atoms with E-state index in [0.717, 1.165) is 19.3 Å². The summed E-state index contributed by atoms with van der Waals surface area (Å²) in [6.45, 7) is 1.12. The van der Waals surface area contributed by atoms with Crippen LogP contribution in [-0.4, -0.2) is 46.6 Å². The van der Waals surface area contributed by atoms with Gasteiger partial charge in [-0.3, -0.25) is 9.59 Å². The first-order chi connectivity index (χ1) is 10.0. The van der Waals surface area contributed by atoms with Crippen molar-refractivity contribution in [2.45, 2.75) is 51.6 Å². The predicted octanol–water partition coefficient (Wildman–Crippen LogP) is 1.50. The van der Waals surface area contributed by atoms with Crippen LogP contribution in [0.3, 0.4) is 0 Å². The van der Waals surface area contributed by atoms with Gasteiger partial charge in [-0.25, -0.2) is 0 Å². The van der Waals surface area contributed by atoms with Gasteiger partial charge in [-0.15, -0.1) is 0 Å². The maximum atomic E-state index is 11.8. The second-order valence-electron chi connectivity index (χ2n) is 4.91. The third kappa shape index (κ3) is 10.0. The summed E-state index contributed by atoms with van der Waals surface area (Å²) in [4.78, 5) is 22.6. The van der Waals surface area contributed by atoms with Gasteiger partial charge in [-0.2, -0.15) is 0 Å². The zero-order chi connectivity index (χ0) is 16.1. The van der Waals surface area contributed by atoms with Crippen LogP contribution < -0.4 is 0 Å². The van der Waals surface area contributed by atoms with Crippen LogP contribution in [0.2, 0.25) is 0 Å². The first kappa shape index (κ1) is 19.6. The molecule has 1 unspecified atom stereocenters. The Labute approximate surface area is 125 Å². The van der Waals surface area contributed by atoms with E-state index < -0.39 is 37.2 Å². The standard InChI is InChI=1S/C15H26O6/c1-2-3-4-5-6-7-8-12(9-14(18)19)15(20)21-13(10-16)11-17/h4-5,12-13,16-17H,2-3,6-11H2,1H3,(H,18,19)/b5-4+. The van der Waals surface area contributed by atoms with E-state index in [1.807, 2.05) is 6.08 Å². The van der Waals surface area contributed by atoms with E-state index in [2.05, 4.69) is 13.0 Å². The molecule has 0 aromatic carbocycles. The molecule has 122 valence electrons. The van der Waals surface area contributed by atoms with E-state index in [1.54, 1.807) is 0 Å². The first-order valence-electron chi connectivity index (χ1n) is 7.34. The molecule has 0 aromatic rings. The van der Waals surface area contributed by atoms with E-state index >= 15 is 0 Å². The Balaban J connectivity index is 4.30. The van der Waals surface area contributed by atoms with Crippen LogP contribution in [0.1, 0.15) is 45.4 Å². The molecule has 0 saturated carbocycles. The van der Waals surface area contributed by atoms with E-state index in [1.165, 1.54) is 0 Å². The van der Waals surface area contributed by atoms with Crippen molar-refractivity contribution in [3.63, 3.8) is 0 Å². The summed E-state index contributed by atoms with van der Waals surface area (Å²) in [6.07, 6.45) is 6.77. The van der Waals surface area contributed by atoms with E-state index in [-0.39, 0.29) is 6.42 Å². The zero-order valence-electron chi connectivity index (χ0n) is 12.5. The number of allylic oxidation sites excluding steroid dienone is 2. The summed E-state index contributed by atoms with van der Waals surface area (Å²) in [5.41, 5.74) is 0. The number of unbranched alkanes of at least 4 members (excludes halogenated alkanes) is 2. The van der Waals surface area contributed by atoms with Crippen LogP contribution in [0.15, 0.2) is 12.2 Å². The number of aliphatic hydroxyl groups excluding tert-OH is 2. The van der Waals surface area contributed by atoms with Crippen molar-refractivity contribution in [3.8, 4) is 0 Å². The summed E-state index contributed by atoms with van der Waals surface area (Å²) in [5, 5.41) is 26.6. The fourth-order valence-corrected chi connectivity index (χ4v) is 1.79. The van der Waals surface area contributed by atoms with Crippen molar-refractivity contribution in [3.05, 3.63) is 12.2 Å². The lowest BCUT2D eigenvalue weighted by Gasteiger charge is -2.18. The molecule has 0 radical (unpaired) electrons. The SMILES string of the molecule is CCC/C=C/CCCC(CC(=O)O)C(=O)OC(CO)CO. The fraction of sp³-hybridized carbons (Fsp3) is 0.733. The fourth-order valence-electron chi connectivity index (χ4n) is 1.79. The molecule has 0 bridgehead atoms. The number of carboxylic acid groups (broad SMARTS) is 1. The lowest BCUT2D eigenvalue weighted by atomic mass is 9.98. The van der Waals surface area contributed by atoms with Crippen molar-refractivity contribution in [2.24, 2.45) is 5.92 Å². The smallest absolute Gasteiger partial charge is 0.309 e. The molecular weight excluding hydrogens is 276 g/mol. The topological polar surface area (TPSA) is 104 Å². The highest BCUT2D eigenvalue weighted by Gasteiger charge is 2.25. The van der Waals surface area contributed by atoms with Gasteiger partial charge in [-0.05, 0) is 25.7 Å². The molecule has 0 aliphatic rings. The third-order valence-electron chi connectivity index (χ3n) is 2.99. The minimum atomic E-state index is -1.07. The van der Waals surface area contributed by atoms with Gasteiger partial charge in [0.1, 0.15) is 6.10 Å². The van der Waals surface area contributed by atoms with Gasteiger partial charge in [0.05, 0.1) is 25.6 Å². The number of rotatable bonds is 12. The Kier molecular flexibility index (Phi) is 11.5. The molecule has 0 rings (SSSR count). The Bertz CT molecular complexity index is 322. The Morgan fingerprint density at radius 3 is 2.29 bits per heavy atom. The van der Waals surface area contributed by atoms with Gasteiger partial charge in [0.2, 0.25) is 0 Å². The second kappa shape index (κ2) is 12.3. The quantitative estimate of drug-likeness (QED) is 0.287. The van der Waals surface area contributed by atoms with Crippen LogP contribution in [0.5, 0.6) is 0 Å². The van der Waals surface area contributed by atoms with Crippen LogP contribution >= 0.6 is 0 Å². The summed E-state index contributed by atoms with van der Waals surface area (Å²) in [7, 11) is 0. The van der Waals surface area contributed by atoms with Gasteiger partial charge in [0.25, 0.3) is 0 Å². The Morgan fingerprint density at radius 2 is 1.76 bits per heavy atom. The number of hydrogen-bond acceptors (Lipinski definition) is 5. The normalized spacial score (nSPS) is 12.8. The number of aliphatic hydroxyl groups is 2. The molecule has 0 aliphatic heterocycles. The van der Waals surface area contributed by atoms with Crippen molar-refractivity contribution in [1.29, 1.82) is 0 Å². The Hall–Kier alpha value is -1.40. The number of carbonyl (C=O) groups is 2. The first-order valence-corrected chi connectivity index (χ1v) is 7.34. The van der Waals surface area contributed by atoms with Gasteiger partial charge in [0.15, 0.2) is 0 Å². The van der Waals surface area contributed by atoms with Crippen LogP contribution in [0.4, 0.5) is 0 Å². The molecule has 0 heterocycles. The van der Waals surface area contributed by atoms with E-state index in [4.69, 9.17) is 20.1 Å². The maximum absolute atomic E-state index is 11.8. The van der Waals surface area contributed by atoms with Crippen molar-refractivity contribution in [1.82, 2.24) is 0 Å². The molecule has 0 fully saturated rings. The molecule has 6 heteroatoms.